The van der Waals surface area contributed by atoms with E-state index in [4.69, 9.17) is 10.5 Å². The highest BCUT2D eigenvalue weighted by Gasteiger charge is 2.12. The van der Waals surface area contributed by atoms with Crippen LogP contribution in [-0.4, -0.2) is 30.2 Å². The van der Waals surface area contributed by atoms with E-state index in [-0.39, 0.29) is 5.95 Å². The van der Waals surface area contributed by atoms with Crippen molar-refractivity contribution < 1.29 is 4.74 Å². The Morgan fingerprint density at radius 3 is 2.10 bits per heavy atom. The van der Waals surface area contributed by atoms with E-state index in [0.717, 1.165) is 31.7 Å². The number of hydrogen-bond acceptors (Lipinski definition) is 5. The third-order valence-corrected chi connectivity index (χ3v) is 3.19. The molecule has 0 aliphatic heterocycles. The molecule has 0 bridgehead atoms. The van der Waals surface area contributed by atoms with Gasteiger partial charge in [-0.25, -0.2) is 0 Å². The van der Waals surface area contributed by atoms with Crippen molar-refractivity contribution in [1.82, 2.24) is 9.97 Å². The number of ether oxygens (including phenoxy) is 1. The molecule has 0 unspecified atom stereocenters. The van der Waals surface area contributed by atoms with Gasteiger partial charge in [-0.15, -0.1) is 0 Å². The second-order valence-corrected chi connectivity index (χ2v) is 5.98. The van der Waals surface area contributed by atoms with Crippen LogP contribution < -0.4 is 15.4 Å². The summed E-state index contributed by atoms with van der Waals surface area (Å²) in [5, 5.41) is 0. The van der Waals surface area contributed by atoms with Crippen molar-refractivity contribution in [3.63, 3.8) is 0 Å². The highest BCUT2D eigenvalue weighted by molar-refractivity contribution is 5.45. The van der Waals surface area contributed by atoms with Crippen LogP contribution in [0.25, 0.3) is 0 Å². The van der Waals surface area contributed by atoms with Gasteiger partial charge in [-0.2, -0.15) is 9.97 Å². The van der Waals surface area contributed by atoms with Crippen LogP contribution in [0.15, 0.2) is 6.07 Å². The Labute approximate surface area is 122 Å². The summed E-state index contributed by atoms with van der Waals surface area (Å²) in [6, 6.07) is 1.86. The van der Waals surface area contributed by atoms with Crippen molar-refractivity contribution in [2.75, 3.05) is 30.8 Å². The van der Waals surface area contributed by atoms with E-state index in [1.165, 1.54) is 0 Å². The first-order chi connectivity index (χ1) is 9.42. The van der Waals surface area contributed by atoms with E-state index in [1.54, 1.807) is 7.11 Å². The minimum Gasteiger partial charge on any atom is -0.481 e. The Morgan fingerprint density at radius 2 is 1.65 bits per heavy atom. The lowest BCUT2D eigenvalue weighted by Gasteiger charge is -2.25. The Hall–Kier alpha value is -1.52. The maximum absolute atomic E-state index is 5.76. The Balaban J connectivity index is 2.86. The van der Waals surface area contributed by atoms with Crippen molar-refractivity contribution in [1.29, 1.82) is 0 Å². The topological polar surface area (TPSA) is 64.3 Å². The fraction of sp³-hybridized carbons (Fsp3) is 0.733. The molecule has 0 fully saturated rings. The van der Waals surface area contributed by atoms with Crippen molar-refractivity contribution in [2.45, 2.75) is 40.5 Å². The second kappa shape index (κ2) is 7.92. The molecule has 5 heteroatoms. The van der Waals surface area contributed by atoms with Crippen LogP contribution in [0.4, 0.5) is 11.8 Å². The summed E-state index contributed by atoms with van der Waals surface area (Å²) in [6.45, 7) is 10.9. The molecular formula is C15H28N4O. The molecule has 0 radical (unpaired) electrons. The number of nitrogen functional groups attached to an aromatic ring is 1. The van der Waals surface area contributed by atoms with Crippen LogP contribution in [0.5, 0.6) is 5.88 Å². The molecule has 0 saturated heterocycles. The second-order valence-electron chi connectivity index (χ2n) is 5.98. The largest absolute Gasteiger partial charge is 0.481 e. The van der Waals surface area contributed by atoms with E-state index < -0.39 is 0 Å². The molecule has 1 heterocycles. The van der Waals surface area contributed by atoms with Crippen molar-refractivity contribution in [3.05, 3.63) is 6.07 Å². The third kappa shape index (κ3) is 5.63. The SMILES string of the molecule is COc1cc(N(CCC(C)C)CCC(C)C)nc(N)n1. The van der Waals surface area contributed by atoms with Gasteiger partial charge >= 0.3 is 0 Å². The summed E-state index contributed by atoms with van der Waals surface area (Å²) < 4.78 is 5.18. The highest BCUT2D eigenvalue weighted by Crippen LogP contribution is 2.20. The van der Waals surface area contributed by atoms with Gasteiger partial charge in [-0.3, -0.25) is 0 Å². The zero-order valence-corrected chi connectivity index (χ0v) is 13.4. The molecule has 1 aromatic rings. The first-order valence-electron chi connectivity index (χ1n) is 7.35. The van der Waals surface area contributed by atoms with Gasteiger partial charge < -0.3 is 15.4 Å². The van der Waals surface area contributed by atoms with E-state index in [2.05, 4.69) is 42.6 Å². The molecule has 1 rings (SSSR count). The van der Waals surface area contributed by atoms with Gasteiger partial charge in [0.1, 0.15) is 5.82 Å². The van der Waals surface area contributed by atoms with Crippen molar-refractivity contribution >= 4 is 11.8 Å². The minimum absolute atomic E-state index is 0.262. The average Bonchev–Trinajstić information content (AvgIpc) is 2.37. The third-order valence-electron chi connectivity index (χ3n) is 3.19. The van der Waals surface area contributed by atoms with Gasteiger partial charge in [0.2, 0.25) is 11.8 Å². The van der Waals surface area contributed by atoms with Crippen molar-refractivity contribution in [3.8, 4) is 5.88 Å². The van der Waals surface area contributed by atoms with Crippen LogP contribution in [0.1, 0.15) is 40.5 Å². The quantitative estimate of drug-likeness (QED) is 0.793. The lowest BCUT2D eigenvalue weighted by molar-refractivity contribution is 0.397. The van der Waals surface area contributed by atoms with Gasteiger partial charge in [0.25, 0.3) is 0 Å². The zero-order valence-electron chi connectivity index (χ0n) is 13.4. The lowest BCUT2D eigenvalue weighted by Crippen LogP contribution is -2.28. The summed E-state index contributed by atoms with van der Waals surface area (Å²) in [6.07, 6.45) is 2.26. The predicted octanol–water partition coefficient (Wildman–Crippen LogP) is 2.97. The molecule has 1 aromatic heterocycles. The molecule has 0 atom stereocenters. The number of rotatable bonds is 8. The fourth-order valence-corrected chi connectivity index (χ4v) is 1.87. The van der Waals surface area contributed by atoms with E-state index in [9.17, 15) is 0 Å². The average molecular weight is 280 g/mol. The number of nitrogens with two attached hydrogens (primary N) is 1. The summed E-state index contributed by atoms with van der Waals surface area (Å²) in [7, 11) is 1.60. The monoisotopic (exact) mass is 280 g/mol. The number of nitrogens with zero attached hydrogens (tertiary/aromatic N) is 3. The number of aromatic nitrogens is 2. The van der Waals surface area contributed by atoms with Gasteiger partial charge in [-0.05, 0) is 24.7 Å². The first kappa shape index (κ1) is 16.5. The standard InChI is InChI=1S/C15H28N4O/c1-11(2)6-8-19(9-7-12(3)4)13-10-14(20-5)18-15(16)17-13/h10-12H,6-9H2,1-5H3,(H2,16,17,18). The summed E-state index contributed by atoms with van der Waals surface area (Å²) in [5.74, 6) is 2.97. The maximum atomic E-state index is 5.76. The van der Waals surface area contributed by atoms with Crippen LogP contribution in [-0.2, 0) is 0 Å². The smallest absolute Gasteiger partial charge is 0.225 e. The van der Waals surface area contributed by atoms with Gasteiger partial charge in [0, 0.05) is 19.2 Å². The molecule has 114 valence electrons. The normalized spacial score (nSPS) is 11.2. The molecule has 0 aliphatic rings. The molecule has 0 amide bonds. The Bertz CT molecular complexity index is 395. The molecule has 20 heavy (non-hydrogen) atoms. The predicted molar refractivity (Wildman–Crippen MR) is 84.1 cm³/mol. The van der Waals surface area contributed by atoms with Gasteiger partial charge in [-0.1, -0.05) is 27.7 Å². The molecule has 0 aliphatic carbocycles. The molecule has 0 aromatic carbocycles. The summed E-state index contributed by atoms with van der Waals surface area (Å²) in [5.41, 5.74) is 5.76. The number of methoxy groups -OCH3 is 1. The Morgan fingerprint density at radius 1 is 1.10 bits per heavy atom. The van der Waals surface area contributed by atoms with Crippen LogP contribution in [0, 0.1) is 11.8 Å². The molecule has 5 nitrogen and oxygen atoms in total. The summed E-state index contributed by atoms with van der Waals surface area (Å²) in [4.78, 5) is 10.7. The van der Waals surface area contributed by atoms with E-state index >= 15 is 0 Å². The molecule has 0 spiro atoms. The minimum atomic E-state index is 0.262. The molecule has 0 saturated carbocycles. The Kier molecular flexibility index (Phi) is 6.55. The van der Waals surface area contributed by atoms with Crippen LogP contribution in [0.3, 0.4) is 0 Å². The molecular weight excluding hydrogens is 252 g/mol. The number of hydrogen-bond donors (Lipinski definition) is 1. The van der Waals surface area contributed by atoms with Crippen molar-refractivity contribution in [2.24, 2.45) is 11.8 Å². The van der Waals surface area contributed by atoms with Gasteiger partial charge in [0.15, 0.2) is 0 Å². The maximum Gasteiger partial charge on any atom is 0.225 e. The zero-order chi connectivity index (χ0) is 15.1. The van der Waals surface area contributed by atoms with E-state index in [1.807, 2.05) is 6.07 Å². The lowest BCUT2D eigenvalue weighted by atomic mass is 10.1. The van der Waals surface area contributed by atoms with Crippen LogP contribution in [0.2, 0.25) is 0 Å². The molecule has 2 N–H and O–H groups in total. The fourth-order valence-electron chi connectivity index (χ4n) is 1.87. The highest BCUT2D eigenvalue weighted by atomic mass is 16.5. The van der Waals surface area contributed by atoms with Crippen LogP contribution >= 0.6 is 0 Å². The summed E-state index contributed by atoms with van der Waals surface area (Å²) >= 11 is 0. The first-order valence-corrected chi connectivity index (χ1v) is 7.35. The van der Waals surface area contributed by atoms with E-state index in [0.29, 0.717) is 17.7 Å². The number of anilines is 2. The van der Waals surface area contributed by atoms with Gasteiger partial charge in [0.05, 0.1) is 7.11 Å².